The zero-order chi connectivity index (χ0) is 16.1. The first-order valence-electron chi connectivity index (χ1n) is 6.28. The number of nitrogens with zero attached hydrogens (tertiary/aromatic N) is 2. The third kappa shape index (κ3) is 3.32. The van der Waals surface area contributed by atoms with E-state index in [4.69, 9.17) is 9.47 Å². The average molecular weight is 302 g/mol. The van der Waals surface area contributed by atoms with E-state index < -0.39 is 4.92 Å². The van der Waals surface area contributed by atoms with E-state index in [2.05, 4.69) is 4.99 Å². The highest BCUT2D eigenvalue weighted by Gasteiger charge is 2.15. The Labute approximate surface area is 126 Å². The van der Waals surface area contributed by atoms with Gasteiger partial charge in [-0.2, -0.15) is 0 Å². The molecule has 0 bridgehead atoms. The van der Waals surface area contributed by atoms with Crippen LogP contribution >= 0.6 is 0 Å². The average Bonchev–Trinajstić information content (AvgIpc) is 2.53. The molecule has 0 aliphatic rings. The molecular formula is C15H14N2O5. The van der Waals surface area contributed by atoms with Crippen LogP contribution in [0.25, 0.3) is 0 Å². The largest absolute Gasteiger partial charge is 0.504 e. The molecule has 0 amide bonds. The van der Waals surface area contributed by atoms with Crippen LogP contribution in [0.15, 0.2) is 41.4 Å². The first-order valence-corrected chi connectivity index (χ1v) is 6.28. The number of non-ortho nitro benzene ring substituents is 1. The Morgan fingerprint density at radius 1 is 1.23 bits per heavy atom. The lowest BCUT2D eigenvalue weighted by Crippen LogP contribution is -1.94. The molecule has 0 radical (unpaired) electrons. The molecule has 0 atom stereocenters. The Morgan fingerprint density at radius 2 is 2.00 bits per heavy atom. The van der Waals surface area contributed by atoms with Crippen molar-refractivity contribution in [3.8, 4) is 17.2 Å². The number of rotatable bonds is 5. The highest BCUT2D eigenvalue weighted by Crippen LogP contribution is 2.33. The van der Waals surface area contributed by atoms with Gasteiger partial charge >= 0.3 is 0 Å². The molecule has 0 unspecified atom stereocenters. The van der Waals surface area contributed by atoms with Gasteiger partial charge in [-0.3, -0.25) is 15.1 Å². The quantitative estimate of drug-likeness (QED) is 0.520. The summed E-state index contributed by atoms with van der Waals surface area (Å²) < 4.78 is 10.0. The normalized spacial score (nSPS) is 10.6. The molecule has 7 nitrogen and oxygen atoms in total. The summed E-state index contributed by atoms with van der Waals surface area (Å²) in [6, 6.07) is 9.35. The molecule has 1 N–H and O–H groups in total. The minimum Gasteiger partial charge on any atom is -0.504 e. The number of aromatic hydroxyl groups is 1. The van der Waals surface area contributed by atoms with Crippen LogP contribution in [0.1, 0.15) is 5.56 Å². The molecular weight excluding hydrogens is 288 g/mol. The van der Waals surface area contributed by atoms with E-state index in [1.807, 2.05) is 0 Å². The highest BCUT2D eigenvalue weighted by atomic mass is 16.6. The number of ether oxygens (including phenoxy) is 2. The molecule has 2 aromatic carbocycles. The molecule has 7 heteroatoms. The van der Waals surface area contributed by atoms with E-state index in [1.165, 1.54) is 19.4 Å². The maximum absolute atomic E-state index is 10.9. The third-order valence-electron chi connectivity index (χ3n) is 2.93. The van der Waals surface area contributed by atoms with Crippen molar-refractivity contribution in [2.24, 2.45) is 4.99 Å². The molecule has 0 aromatic heterocycles. The van der Waals surface area contributed by atoms with Crippen LogP contribution in [0.2, 0.25) is 0 Å². The summed E-state index contributed by atoms with van der Waals surface area (Å²) in [5.74, 6) is 0.441. The van der Waals surface area contributed by atoms with Gasteiger partial charge in [-0.15, -0.1) is 0 Å². The van der Waals surface area contributed by atoms with Gasteiger partial charge in [0.15, 0.2) is 11.5 Å². The Bertz CT molecular complexity index is 728. The smallest absolute Gasteiger partial charge is 0.274 e. The van der Waals surface area contributed by atoms with Gasteiger partial charge in [0, 0.05) is 23.9 Å². The van der Waals surface area contributed by atoms with E-state index >= 15 is 0 Å². The SMILES string of the molecule is COc1cccc(N=Cc2cc([N+](=O)[O-])cc(OC)c2O)c1. The van der Waals surface area contributed by atoms with Gasteiger partial charge in [0.05, 0.1) is 30.9 Å². The number of nitro groups is 1. The van der Waals surface area contributed by atoms with E-state index in [9.17, 15) is 15.2 Å². The second kappa shape index (κ2) is 6.57. The van der Waals surface area contributed by atoms with E-state index in [0.717, 1.165) is 6.07 Å². The highest BCUT2D eigenvalue weighted by molar-refractivity contribution is 5.88. The molecule has 2 aromatic rings. The Kier molecular flexibility index (Phi) is 4.57. The number of phenolic OH excluding ortho intramolecular Hbond substituents is 1. The number of aliphatic imine (C=N–C) groups is 1. The number of nitro benzene ring substituents is 1. The summed E-state index contributed by atoms with van der Waals surface area (Å²) in [5.41, 5.74) is 0.583. The third-order valence-corrected chi connectivity index (χ3v) is 2.93. The summed E-state index contributed by atoms with van der Waals surface area (Å²) in [4.78, 5) is 14.5. The monoisotopic (exact) mass is 302 g/mol. The lowest BCUT2D eigenvalue weighted by atomic mass is 10.1. The van der Waals surface area contributed by atoms with Crippen molar-refractivity contribution >= 4 is 17.6 Å². The molecule has 0 saturated carbocycles. The van der Waals surface area contributed by atoms with Crippen LogP contribution in [0.5, 0.6) is 17.2 Å². The van der Waals surface area contributed by atoms with Crippen LogP contribution in [0, 0.1) is 10.1 Å². The molecule has 0 saturated heterocycles. The van der Waals surface area contributed by atoms with Gasteiger partial charge < -0.3 is 14.6 Å². The second-order valence-corrected chi connectivity index (χ2v) is 4.30. The molecule has 0 fully saturated rings. The van der Waals surface area contributed by atoms with Crippen LogP contribution in [-0.2, 0) is 0 Å². The van der Waals surface area contributed by atoms with Gasteiger partial charge in [-0.05, 0) is 12.1 Å². The number of benzene rings is 2. The minimum atomic E-state index is -0.565. The number of hydrogen-bond donors (Lipinski definition) is 1. The Hall–Kier alpha value is -3.09. The fraction of sp³-hybridized carbons (Fsp3) is 0.133. The summed E-state index contributed by atoms with van der Waals surface area (Å²) in [6.07, 6.45) is 1.33. The molecule has 0 heterocycles. The minimum absolute atomic E-state index is 0.0151. The second-order valence-electron chi connectivity index (χ2n) is 4.30. The fourth-order valence-corrected chi connectivity index (χ4v) is 1.81. The molecule has 0 aliphatic carbocycles. The Morgan fingerprint density at radius 3 is 2.64 bits per heavy atom. The standard InChI is InChI=1S/C15H14N2O5/c1-21-13-5-3-4-11(7-13)16-9-10-6-12(17(19)20)8-14(22-2)15(10)18/h3-9,18H,1-2H3. The van der Waals surface area contributed by atoms with Gasteiger partial charge in [-0.25, -0.2) is 0 Å². The van der Waals surface area contributed by atoms with Crippen molar-refractivity contribution in [3.63, 3.8) is 0 Å². The number of methoxy groups -OCH3 is 2. The van der Waals surface area contributed by atoms with Crippen molar-refractivity contribution in [2.45, 2.75) is 0 Å². The molecule has 114 valence electrons. The topological polar surface area (TPSA) is 94.2 Å². The predicted molar refractivity (Wildman–Crippen MR) is 81.6 cm³/mol. The lowest BCUT2D eigenvalue weighted by molar-refractivity contribution is -0.385. The van der Waals surface area contributed by atoms with Crippen LogP contribution in [0.3, 0.4) is 0 Å². The summed E-state index contributed by atoms with van der Waals surface area (Å²) in [5, 5.41) is 20.9. The molecule has 0 spiro atoms. The van der Waals surface area contributed by atoms with Crippen molar-refractivity contribution < 1.29 is 19.5 Å². The molecule has 22 heavy (non-hydrogen) atoms. The predicted octanol–water partition coefficient (Wildman–Crippen LogP) is 3.07. The maximum atomic E-state index is 10.9. The summed E-state index contributed by atoms with van der Waals surface area (Å²) in [7, 11) is 2.86. The fourth-order valence-electron chi connectivity index (χ4n) is 1.81. The zero-order valence-corrected chi connectivity index (χ0v) is 12.0. The van der Waals surface area contributed by atoms with Gasteiger partial charge in [0.2, 0.25) is 0 Å². The molecule has 2 rings (SSSR count). The van der Waals surface area contributed by atoms with Crippen molar-refractivity contribution in [1.82, 2.24) is 0 Å². The van der Waals surface area contributed by atoms with Crippen molar-refractivity contribution in [1.29, 1.82) is 0 Å². The maximum Gasteiger partial charge on any atom is 0.274 e. The number of phenols is 1. The van der Waals surface area contributed by atoms with Crippen molar-refractivity contribution in [3.05, 3.63) is 52.1 Å². The number of hydrogen-bond acceptors (Lipinski definition) is 6. The lowest BCUT2D eigenvalue weighted by Gasteiger charge is -2.06. The van der Waals surface area contributed by atoms with Gasteiger partial charge in [0.25, 0.3) is 5.69 Å². The van der Waals surface area contributed by atoms with E-state index in [-0.39, 0.29) is 22.7 Å². The van der Waals surface area contributed by atoms with Crippen LogP contribution in [-0.4, -0.2) is 30.5 Å². The summed E-state index contributed by atoms with van der Waals surface area (Å²) >= 11 is 0. The first kappa shape index (κ1) is 15.3. The summed E-state index contributed by atoms with van der Waals surface area (Å²) in [6.45, 7) is 0. The molecule has 0 aliphatic heterocycles. The zero-order valence-electron chi connectivity index (χ0n) is 12.0. The van der Waals surface area contributed by atoms with Crippen LogP contribution < -0.4 is 9.47 Å². The van der Waals surface area contributed by atoms with Gasteiger partial charge in [-0.1, -0.05) is 6.07 Å². The van der Waals surface area contributed by atoms with Crippen LogP contribution in [0.4, 0.5) is 11.4 Å². The van der Waals surface area contributed by atoms with Crippen molar-refractivity contribution in [2.75, 3.05) is 14.2 Å². The first-order chi connectivity index (χ1) is 10.5. The van der Waals surface area contributed by atoms with E-state index in [0.29, 0.717) is 11.4 Å². The Balaban J connectivity index is 2.41. The van der Waals surface area contributed by atoms with E-state index in [1.54, 1.807) is 31.4 Å². The van der Waals surface area contributed by atoms with Gasteiger partial charge in [0.1, 0.15) is 5.75 Å².